The van der Waals surface area contributed by atoms with Crippen LogP contribution in [-0.4, -0.2) is 72.9 Å². The summed E-state index contributed by atoms with van der Waals surface area (Å²) in [5.41, 5.74) is 3.01. The zero-order valence-corrected chi connectivity index (χ0v) is 31.6. The highest BCUT2D eigenvalue weighted by Gasteiger charge is 2.47. The lowest BCUT2D eigenvalue weighted by Crippen LogP contribution is -2.57. The molecule has 2 aliphatic rings. The lowest BCUT2D eigenvalue weighted by Gasteiger charge is -2.53. The predicted octanol–water partition coefficient (Wildman–Crippen LogP) is 7.43. The van der Waals surface area contributed by atoms with E-state index in [1.807, 2.05) is 63.8 Å². The first kappa shape index (κ1) is 38.1. The van der Waals surface area contributed by atoms with Crippen LogP contribution in [0.1, 0.15) is 88.2 Å². The number of nitrogens with zero attached hydrogens (tertiary/aromatic N) is 2. The number of carboxylic acids is 1. The molecule has 3 N–H and O–H groups in total. The van der Waals surface area contributed by atoms with E-state index in [0.717, 1.165) is 54.9 Å². The van der Waals surface area contributed by atoms with Gasteiger partial charge in [0.15, 0.2) is 0 Å². The van der Waals surface area contributed by atoms with Crippen LogP contribution in [0.25, 0.3) is 11.3 Å². The van der Waals surface area contributed by atoms with Gasteiger partial charge in [-0.15, -0.1) is 0 Å². The van der Waals surface area contributed by atoms with Gasteiger partial charge in [0.1, 0.15) is 23.8 Å². The van der Waals surface area contributed by atoms with Crippen molar-refractivity contribution in [3.05, 3.63) is 71.3 Å². The molecule has 11 nitrogen and oxygen atoms in total. The fraction of sp³-hybridized carbons (Fsp3) is 0.513. The van der Waals surface area contributed by atoms with Crippen molar-refractivity contribution in [3.8, 4) is 17.0 Å². The molecule has 1 saturated carbocycles. The maximum atomic E-state index is 13.4. The molecule has 51 heavy (non-hydrogen) atoms. The van der Waals surface area contributed by atoms with Gasteiger partial charge in [0.25, 0.3) is 10.0 Å². The van der Waals surface area contributed by atoms with Gasteiger partial charge in [-0.2, -0.15) is 0 Å². The second-order valence-electron chi connectivity index (χ2n) is 15.7. The SMILES string of the molecule is Cc1cccc(C)c1-c1cc(OC[C@@H](CC(C)C)NC2CC3(CCN(C(=O)OC(C)(C)C)CC3)C2)cc(NS(=O)(=O)c2cccc(C(=O)O)c2)n1. The maximum Gasteiger partial charge on any atom is 0.410 e. The molecule has 1 aliphatic carbocycles. The molecule has 1 aromatic heterocycles. The Morgan fingerprint density at radius 3 is 2.27 bits per heavy atom. The zero-order chi connectivity index (χ0) is 37.1. The number of aryl methyl sites for hydroxylation is 2. The zero-order valence-electron chi connectivity index (χ0n) is 30.8. The average molecular weight is 721 g/mol. The number of carbonyl (C=O) groups excluding carboxylic acids is 1. The summed E-state index contributed by atoms with van der Waals surface area (Å²) < 4.78 is 41.4. The van der Waals surface area contributed by atoms with Gasteiger partial charge in [-0.05, 0) is 107 Å². The number of aromatic nitrogens is 1. The molecule has 5 rings (SSSR count). The second-order valence-corrected chi connectivity index (χ2v) is 17.3. The number of benzene rings is 2. The van der Waals surface area contributed by atoms with Crippen LogP contribution >= 0.6 is 0 Å². The van der Waals surface area contributed by atoms with Crippen molar-refractivity contribution in [1.29, 1.82) is 0 Å². The number of carbonyl (C=O) groups is 2. The summed E-state index contributed by atoms with van der Waals surface area (Å²) >= 11 is 0. The topological polar surface area (TPSA) is 147 Å². The second kappa shape index (κ2) is 15.2. The van der Waals surface area contributed by atoms with E-state index < -0.39 is 21.6 Å². The van der Waals surface area contributed by atoms with Gasteiger partial charge in [0.05, 0.1) is 16.2 Å². The number of hydrogen-bond donors (Lipinski definition) is 3. The Balaban J connectivity index is 1.30. The molecule has 0 radical (unpaired) electrons. The third-order valence-electron chi connectivity index (χ3n) is 9.68. The van der Waals surface area contributed by atoms with Gasteiger partial charge in [-0.3, -0.25) is 4.72 Å². The van der Waals surface area contributed by atoms with E-state index in [9.17, 15) is 23.1 Å². The quantitative estimate of drug-likeness (QED) is 0.174. The highest BCUT2D eigenvalue weighted by molar-refractivity contribution is 7.92. The fourth-order valence-electron chi connectivity index (χ4n) is 7.27. The van der Waals surface area contributed by atoms with Crippen LogP contribution in [-0.2, 0) is 14.8 Å². The summed E-state index contributed by atoms with van der Waals surface area (Å²) in [5, 5.41) is 13.2. The molecular weight excluding hydrogens is 669 g/mol. The first-order valence-electron chi connectivity index (χ1n) is 17.7. The number of likely N-dealkylation sites (tertiary alicyclic amines) is 1. The van der Waals surface area contributed by atoms with Crippen LogP contribution in [0.2, 0.25) is 0 Å². The molecule has 12 heteroatoms. The Morgan fingerprint density at radius 1 is 1.02 bits per heavy atom. The Bertz CT molecular complexity index is 1820. The number of anilines is 1. The maximum absolute atomic E-state index is 13.4. The summed E-state index contributed by atoms with van der Waals surface area (Å²) in [6.07, 6.45) is 4.68. The molecule has 1 saturated heterocycles. The average Bonchev–Trinajstić information content (AvgIpc) is 3.02. The van der Waals surface area contributed by atoms with Crippen molar-refractivity contribution in [1.82, 2.24) is 15.2 Å². The lowest BCUT2D eigenvalue weighted by atomic mass is 9.60. The summed E-state index contributed by atoms with van der Waals surface area (Å²) in [5.74, 6) is -0.264. The van der Waals surface area contributed by atoms with E-state index in [4.69, 9.17) is 9.47 Å². The first-order chi connectivity index (χ1) is 23.9. The van der Waals surface area contributed by atoms with Gasteiger partial charge in [-0.1, -0.05) is 38.1 Å². The van der Waals surface area contributed by atoms with Crippen LogP contribution in [0.5, 0.6) is 5.75 Å². The van der Waals surface area contributed by atoms with E-state index in [0.29, 0.717) is 43.1 Å². The number of ether oxygens (including phenoxy) is 2. The van der Waals surface area contributed by atoms with Crippen LogP contribution in [0.4, 0.5) is 10.6 Å². The summed E-state index contributed by atoms with van der Waals surface area (Å²) in [7, 11) is -4.17. The Kier molecular flexibility index (Phi) is 11.4. The minimum absolute atomic E-state index is 0.0601. The number of carboxylic acid groups (broad SMARTS) is 1. The molecule has 2 heterocycles. The number of sulfonamides is 1. The molecule has 0 bridgehead atoms. The van der Waals surface area contributed by atoms with E-state index in [1.165, 1.54) is 18.2 Å². The molecular formula is C39H52N4O7S. The molecule has 276 valence electrons. The smallest absolute Gasteiger partial charge is 0.410 e. The predicted molar refractivity (Wildman–Crippen MR) is 198 cm³/mol. The highest BCUT2D eigenvalue weighted by atomic mass is 32.2. The Hall–Kier alpha value is -4.16. The van der Waals surface area contributed by atoms with E-state index in [-0.39, 0.29) is 33.8 Å². The number of amides is 1. The number of hydrogen-bond acceptors (Lipinski definition) is 8. The van der Waals surface area contributed by atoms with Gasteiger partial charge in [0.2, 0.25) is 0 Å². The van der Waals surface area contributed by atoms with Crippen LogP contribution in [0, 0.1) is 25.2 Å². The number of rotatable bonds is 12. The third-order valence-corrected chi connectivity index (χ3v) is 11.0. The van der Waals surface area contributed by atoms with E-state index in [1.54, 1.807) is 6.07 Å². The Labute approximate surface area is 302 Å². The van der Waals surface area contributed by atoms with Gasteiger partial charge in [0, 0.05) is 42.9 Å². The molecule has 1 amide bonds. The number of piperidine rings is 1. The van der Waals surface area contributed by atoms with Crippen molar-refractivity contribution < 1.29 is 32.6 Å². The lowest BCUT2D eigenvalue weighted by molar-refractivity contribution is -0.0192. The van der Waals surface area contributed by atoms with Gasteiger partial charge < -0.3 is 24.8 Å². The minimum atomic E-state index is -4.17. The van der Waals surface area contributed by atoms with Gasteiger partial charge >= 0.3 is 12.1 Å². The largest absolute Gasteiger partial charge is 0.492 e. The number of nitrogens with one attached hydrogen (secondary N) is 2. The van der Waals surface area contributed by atoms with Crippen molar-refractivity contribution in [2.24, 2.45) is 11.3 Å². The van der Waals surface area contributed by atoms with Crippen molar-refractivity contribution in [3.63, 3.8) is 0 Å². The van der Waals surface area contributed by atoms with E-state index >= 15 is 0 Å². The fourth-order valence-corrected chi connectivity index (χ4v) is 8.30. The number of aromatic carboxylic acids is 1. The normalized spacial score (nSPS) is 16.8. The van der Waals surface area contributed by atoms with Crippen LogP contribution < -0.4 is 14.8 Å². The molecule has 1 spiro atoms. The third kappa shape index (κ3) is 9.79. The van der Waals surface area contributed by atoms with Crippen LogP contribution in [0.15, 0.2) is 59.5 Å². The molecule has 2 aromatic carbocycles. The monoisotopic (exact) mass is 720 g/mol. The summed E-state index contributed by atoms with van der Waals surface area (Å²) in [4.78, 5) is 30.4. The molecule has 1 atom stereocenters. The Morgan fingerprint density at radius 2 is 1.67 bits per heavy atom. The van der Waals surface area contributed by atoms with Crippen molar-refractivity contribution >= 4 is 27.9 Å². The van der Waals surface area contributed by atoms with Crippen LogP contribution in [0.3, 0.4) is 0 Å². The summed E-state index contributed by atoms with van der Waals surface area (Å²) in [6, 6.07) is 14.9. The minimum Gasteiger partial charge on any atom is -0.492 e. The van der Waals surface area contributed by atoms with Crippen molar-refractivity contribution in [2.75, 3.05) is 24.4 Å². The first-order valence-corrected chi connectivity index (χ1v) is 19.2. The molecule has 3 aromatic rings. The standard InChI is InChI=1S/C39H52N4O7S/c1-25(2)18-29(40-30-22-39(23-30)14-16-43(17-15-39)37(46)50-38(5,6)7)24-49-31-20-33(35-26(3)10-8-11-27(35)4)41-34(21-31)42-51(47,48)32-13-9-12-28(19-32)36(44)45/h8-13,19-21,25,29-30,40H,14-18,22-24H2,1-7H3,(H,41,42)(H,44,45)/t29-/m1/s1. The van der Waals surface area contributed by atoms with E-state index in [2.05, 4.69) is 28.9 Å². The molecule has 0 unspecified atom stereocenters. The number of pyridine rings is 1. The summed E-state index contributed by atoms with van der Waals surface area (Å²) in [6.45, 7) is 15.8. The highest BCUT2D eigenvalue weighted by Crippen LogP contribution is 2.49. The molecule has 2 fully saturated rings. The van der Waals surface area contributed by atoms with Crippen molar-refractivity contribution in [2.45, 2.75) is 103 Å². The van der Waals surface area contributed by atoms with Gasteiger partial charge in [-0.25, -0.2) is 23.0 Å². The molecule has 1 aliphatic heterocycles.